The number of hydrogen-bond donors (Lipinski definition) is 1. The van der Waals surface area contributed by atoms with Crippen LogP contribution in [0.15, 0.2) is 12.1 Å². The standard InChI is InChI=1S/C14H21FOS/c1-5-11(4)17-8-13(16)14-10(3)6-9(2)7-12(14)15/h6-7,11,13,16H,5,8H2,1-4H3. The van der Waals surface area contributed by atoms with Crippen LogP contribution in [0.25, 0.3) is 0 Å². The molecule has 0 bridgehead atoms. The summed E-state index contributed by atoms with van der Waals surface area (Å²) in [4.78, 5) is 0. The van der Waals surface area contributed by atoms with E-state index in [0.717, 1.165) is 17.5 Å². The van der Waals surface area contributed by atoms with Crippen LogP contribution in [0.4, 0.5) is 4.39 Å². The number of aryl methyl sites for hydroxylation is 2. The zero-order valence-corrected chi connectivity index (χ0v) is 11.8. The van der Waals surface area contributed by atoms with Gasteiger partial charge in [0.2, 0.25) is 0 Å². The molecule has 2 unspecified atom stereocenters. The molecule has 2 atom stereocenters. The number of aliphatic hydroxyl groups excluding tert-OH is 1. The van der Waals surface area contributed by atoms with Crippen LogP contribution in [0.3, 0.4) is 0 Å². The van der Waals surface area contributed by atoms with Gasteiger partial charge >= 0.3 is 0 Å². The van der Waals surface area contributed by atoms with E-state index in [-0.39, 0.29) is 5.82 Å². The molecule has 3 heteroatoms. The highest BCUT2D eigenvalue weighted by atomic mass is 32.2. The van der Waals surface area contributed by atoms with Gasteiger partial charge in [0.15, 0.2) is 0 Å². The Morgan fingerprint density at radius 2 is 2.00 bits per heavy atom. The minimum absolute atomic E-state index is 0.292. The Bertz CT molecular complexity index is 355. The lowest BCUT2D eigenvalue weighted by Crippen LogP contribution is -2.08. The first kappa shape index (κ1) is 14.5. The van der Waals surface area contributed by atoms with Crippen molar-refractivity contribution < 1.29 is 9.50 Å². The molecule has 0 heterocycles. The normalized spacial score (nSPS) is 14.7. The smallest absolute Gasteiger partial charge is 0.129 e. The Morgan fingerprint density at radius 1 is 1.35 bits per heavy atom. The van der Waals surface area contributed by atoms with E-state index in [0.29, 0.717) is 16.6 Å². The van der Waals surface area contributed by atoms with Gasteiger partial charge in [-0.3, -0.25) is 0 Å². The lowest BCUT2D eigenvalue weighted by Gasteiger charge is -2.17. The first-order valence-electron chi connectivity index (χ1n) is 6.02. The van der Waals surface area contributed by atoms with Gasteiger partial charge in [-0.1, -0.05) is 19.9 Å². The maximum absolute atomic E-state index is 13.8. The van der Waals surface area contributed by atoms with Crippen molar-refractivity contribution in [1.29, 1.82) is 0 Å². The number of thioether (sulfide) groups is 1. The minimum Gasteiger partial charge on any atom is -0.387 e. The van der Waals surface area contributed by atoms with Crippen molar-refractivity contribution in [3.05, 3.63) is 34.6 Å². The summed E-state index contributed by atoms with van der Waals surface area (Å²) in [6.07, 6.45) is 0.349. The summed E-state index contributed by atoms with van der Waals surface area (Å²) in [7, 11) is 0. The highest BCUT2D eigenvalue weighted by molar-refractivity contribution is 7.99. The van der Waals surface area contributed by atoms with Crippen molar-refractivity contribution in [2.45, 2.75) is 45.5 Å². The zero-order valence-electron chi connectivity index (χ0n) is 11.0. The summed E-state index contributed by atoms with van der Waals surface area (Å²) < 4.78 is 13.8. The van der Waals surface area contributed by atoms with E-state index in [2.05, 4.69) is 13.8 Å². The highest BCUT2D eigenvalue weighted by Crippen LogP contribution is 2.27. The van der Waals surface area contributed by atoms with Gasteiger partial charge in [-0.2, -0.15) is 11.8 Å². The van der Waals surface area contributed by atoms with Crippen LogP contribution in [0.2, 0.25) is 0 Å². The largest absolute Gasteiger partial charge is 0.387 e. The highest BCUT2D eigenvalue weighted by Gasteiger charge is 2.17. The Morgan fingerprint density at radius 3 is 2.53 bits per heavy atom. The van der Waals surface area contributed by atoms with Gasteiger partial charge in [-0.05, 0) is 37.5 Å². The molecule has 0 aliphatic carbocycles. The maximum Gasteiger partial charge on any atom is 0.129 e. The molecule has 17 heavy (non-hydrogen) atoms. The van der Waals surface area contributed by atoms with Crippen LogP contribution >= 0.6 is 11.8 Å². The van der Waals surface area contributed by atoms with Gasteiger partial charge in [0, 0.05) is 16.6 Å². The summed E-state index contributed by atoms with van der Waals surface area (Å²) in [5.41, 5.74) is 2.18. The van der Waals surface area contributed by atoms with E-state index in [1.54, 1.807) is 11.8 Å². The van der Waals surface area contributed by atoms with Crippen LogP contribution in [0.5, 0.6) is 0 Å². The molecule has 0 saturated heterocycles. The van der Waals surface area contributed by atoms with Crippen LogP contribution in [0, 0.1) is 19.7 Å². The average Bonchev–Trinajstić information content (AvgIpc) is 2.24. The summed E-state index contributed by atoms with van der Waals surface area (Å²) >= 11 is 1.68. The van der Waals surface area contributed by atoms with Crippen molar-refractivity contribution in [2.24, 2.45) is 0 Å². The molecule has 96 valence electrons. The molecule has 1 aromatic rings. The van der Waals surface area contributed by atoms with E-state index < -0.39 is 6.10 Å². The lowest BCUT2D eigenvalue weighted by molar-refractivity contribution is 0.198. The Hall–Kier alpha value is -0.540. The summed E-state index contributed by atoms with van der Waals surface area (Å²) in [5, 5.41) is 10.6. The molecule has 1 N–H and O–H groups in total. The van der Waals surface area contributed by atoms with E-state index in [1.165, 1.54) is 6.07 Å². The second-order valence-electron chi connectivity index (χ2n) is 4.55. The van der Waals surface area contributed by atoms with Gasteiger partial charge < -0.3 is 5.11 Å². The van der Waals surface area contributed by atoms with Gasteiger partial charge in [0.1, 0.15) is 5.82 Å². The molecule has 0 aliphatic heterocycles. The second-order valence-corrected chi connectivity index (χ2v) is 6.02. The zero-order chi connectivity index (χ0) is 13.0. The summed E-state index contributed by atoms with van der Waals surface area (Å²) in [6.45, 7) is 7.94. The first-order chi connectivity index (χ1) is 7.95. The van der Waals surface area contributed by atoms with E-state index in [1.807, 2.05) is 19.9 Å². The molecule has 1 rings (SSSR count). The van der Waals surface area contributed by atoms with Crippen molar-refractivity contribution >= 4 is 11.8 Å². The van der Waals surface area contributed by atoms with E-state index in [9.17, 15) is 9.50 Å². The molecule has 0 fully saturated rings. The fourth-order valence-electron chi connectivity index (χ4n) is 1.81. The third-order valence-corrected chi connectivity index (χ3v) is 4.34. The van der Waals surface area contributed by atoms with Crippen LogP contribution in [-0.2, 0) is 0 Å². The molecule has 0 aromatic heterocycles. The van der Waals surface area contributed by atoms with Crippen molar-refractivity contribution in [3.63, 3.8) is 0 Å². The molecule has 1 nitrogen and oxygen atoms in total. The van der Waals surface area contributed by atoms with Gasteiger partial charge in [-0.15, -0.1) is 0 Å². The third-order valence-electron chi connectivity index (χ3n) is 2.93. The van der Waals surface area contributed by atoms with Crippen molar-refractivity contribution in [2.75, 3.05) is 5.75 Å². The SMILES string of the molecule is CCC(C)SCC(O)c1c(C)cc(C)cc1F. The number of halogens is 1. The van der Waals surface area contributed by atoms with E-state index in [4.69, 9.17) is 0 Å². The predicted molar refractivity (Wildman–Crippen MR) is 73.0 cm³/mol. The predicted octanol–water partition coefficient (Wildman–Crippen LogP) is 4.01. The van der Waals surface area contributed by atoms with Crippen molar-refractivity contribution in [3.8, 4) is 0 Å². The molecule has 0 spiro atoms. The van der Waals surface area contributed by atoms with Crippen LogP contribution < -0.4 is 0 Å². The molecule has 0 saturated carbocycles. The lowest BCUT2D eigenvalue weighted by atomic mass is 10.0. The van der Waals surface area contributed by atoms with Gasteiger partial charge in [-0.25, -0.2) is 4.39 Å². The second kappa shape index (κ2) is 6.41. The monoisotopic (exact) mass is 256 g/mol. The van der Waals surface area contributed by atoms with Gasteiger partial charge in [0.05, 0.1) is 6.10 Å². The Balaban J connectivity index is 2.78. The summed E-state index contributed by atoms with van der Waals surface area (Å²) in [5.74, 6) is 0.260. The van der Waals surface area contributed by atoms with Crippen LogP contribution in [-0.4, -0.2) is 16.1 Å². The molecule has 0 aliphatic rings. The van der Waals surface area contributed by atoms with E-state index >= 15 is 0 Å². The molecular weight excluding hydrogens is 235 g/mol. The first-order valence-corrected chi connectivity index (χ1v) is 7.06. The Labute approximate surface area is 107 Å². The Kier molecular flexibility index (Phi) is 5.47. The molecular formula is C14H21FOS. The number of aliphatic hydroxyl groups is 1. The number of rotatable bonds is 5. The molecule has 1 aromatic carbocycles. The van der Waals surface area contributed by atoms with Crippen LogP contribution in [0.1, 0.15) is 43.1 Å². The maximum atomic E-state index is 13.8. The fourth-order valence-corrected chi connectivity index (χ4v) is 2.72. The quantitative estimate of drug-likeness (QED) is 0.859. The summed E-state index contributed by atoms with van der Waals surface area (Å²) in [6, 6.07) is 3.40. The number of benzene rings is 1. The van der Waals surface area contributed by atoms with Gasteiger partial charge in [0.25, 0.3) is 0 Å². The number of hydrogen-bond acceptors (Lipinski definition) is 2. The minimum atomic E-state index is -0.713. The van der Waals surface area contributed by atoms with Crippen molar-refractivity contribution in [1.82, 2.24) is 0 Å². The average molecular weight is 256 g/mol. The topological polar surface area (TPSA) is 20.2 Å². The molecule has 0 radical (unpaired) electrons. The fraction of sp³-hybridized carbons (Fsp3) is 0.571. The molecule has 0 amide bonds. The third kappa shape index (κ3) is 4.00.